The second kappa shape index (κ2) is 7.79. The van der Waals surface area contributed by atoms with Crippen molar-refractivity contribution in [3.8, 4) is 0 Å². The molecule has 2 aliphatic rings. The molecule has 168 valence electrons. The summed E-state index contributed by atoms with van der Waals surface area (Å²) in [5.74, 6) is -4.62. The Morgan fingerprint density at radius 3 is 2.36 bits per heavy atom. The molecule has 0 aromatic heterocycles. The van der Waals surface area contributed by atoms with Crippen LogP contribution in [0.25, 0.3) is 10.8 Å². The third-order valence-electron chi connectivity index (χ3n) is 7.05. The van der Waals surface area contributed by atoms with Crippen molar-refractivity contribution in [1.29, 1.82) is 0 Å². The predicted molar refractivity (Wildman–Crippen MR) is 123 cm³/mol. The van der Waals surface area contributed by atoms with E-state index in [0.717, 1.165) is 33.2 Å². The molecule has 2 aliphatic heterocycles. The maximum absolute atomic E-state index is 13.7. The van der Waals surface area contributed by atoms with Gasteiger partial charge in [0.25, 0.3) is 0 Å². The van der Waals surface area contributed by atoms with Crippen LogP contribution in [0.1, 0.15) is 24.1 Å². The summed E-state index contributed by atoms with van der Waals surface area (Å²) in [6, 6.07) is 19.6. The van der Waals surface area contributed by atoms with Crippen LogP contribution in [0, 0.1) is 11.8 Å². The number of aliphatic hydroxyl groups excluding tert-OH is 1. The van der Waals surface area contributed by atoms with E-state index in [-0.39, 0.29) is 0 Å². The van der Waals surface area contributed by atoms with E-state index >= 15 is 0 Å². The molecule has 7 nitrogen and oxygen atoms in total. The standard InChI is InChI=1S/C26H24N2O5/c1-2-15-10-12-17(13-11-15)28-23(30)20-21(24(28)31)26(14-29,25(32)33)27-22(20)19-9-5-7-16-6-3-4-8-18(16)19/h3-13,20-22,27,29H,2,14H2,1H3,(H,32,33). The number of fused-ring (bicyclic) bond motifs is 2. The number of aliphatic hydroxyl groups is 1. The van der Waals surface area contributed by atoms with Crippen LogP contribution >= 0.6 is 0 Å². The zero-order valence-electron chi connectivity index (χ0n) is 18.1. The minimum atomic E-state index is -1.96. The minimum absolute atomic E-state index is 0.408. The van der Waals surface area contributed by atoms with Crippen molar-refractivity contribution in [2.45, 2.75) is 24.9 Å². The monoisotopic (exact) mass is 444 g/mol. The summed E-state index contributed by atoms with van der Waals surface area (Å²) in [5.41, 5.74) is 0.231. The Kier molecular flexibility index (Phi) is 5.03. The lowest BCUT2D eigenvalue weighted by Crippen LogP contribution is -2.58. The van der Waals surface area contributed by atoms with Crippen molar-refractivity contribution in [3.63, 3.8) is 0 Å². The quantitative estimate of drug-likeness (QED) is 0.523. The molecule has 3 aromatic rings. The Morgan fingerprint density at radius 1 is 1.00 bits per heavy atom. The van der Waals surface area contributed by atoms with Gasteiger partial charge in [-0.25, -0.2) is 4.90 Å². The second-order valence-corrected chi connectivity index (χ2v) is 8.66. The lowest BCUT2D eigenvalue weighted by molar-refractivity contribution is -0.150. The first-order valence-corrected chi connectivity index (χ1v) is 11.0. The average Bonchev–Trinajstić information content (AvgIpc) is 3.33. The molecule has 0 spiro atoms. The number of carbonyl (C=O) groups is 3. The number of hydrogen-bond acceptors (Lipinski definition) is 5. The number of carbonyl (C=O) groups excluding carboxylic acids is 2. The highest BCUT2D eigenvalue weighted by Crippen LogP contribution is 2.50. The summed E-state index contributed by atoms with van der Waals surface area (Å²) in [7, 11) is 0. The first kappa shape index (κ1) is 21.3. The van der Waals surface area contributed by atoms with Crippen molar-refractivity contribution in [2.75, 3.05) is 11.5 Å². The zero-order valence-corrected chi connectivity index (χ0v) is 18.1. The topological polar surface area (TPSA) is 107 Å². The summed E-state index contributed by atoms with van der Waals surface area (Å²) >= 11 is 0. The fourth-order valence-corrected chi connectivity index (χ4v) is 5.34. The number of benzene rings is 3. The van der Waals surface area contributed by atoms with Crippen LogP contribution in [0.15, 0.2) is 66.7 Å². The number of carboxylic acid groups (broad SMARTS) is 1. The molecule has 0 aliphatic carbocycles. The second-order valence-electron chi connectivity index (χ2n) is 8.66. The molecular formula is C26H24N2O5. The van der Waals surface area contributed by atoms with Gasteiger partial charge >= 0.3 is 5.97 Å². The lowest BCUT2D eigenvalue weighted by atomic mass is 9.79. The van der Waals surface area contributed by atoms with Gasteiger partial charge in [0.1, 0.15) is 0 Å². The van der Waals surface area contributed by atoms with Gasteiger partial charge in [-0.2, -0.15) is 0 Å². The van der Waals surface area contributed by atoms with Gasteiger partial charge in [-0.15, -0.1) is 0 Å². The molecule has 0 bridgehead atoms. The molecule has 5 rings (SSSR count). The Balaban J connectivity index is 1.67. The molecule has 2 saturated heterocycles. The highest BCUT2D eigenvalue weighted by Gasteiger charge is 2.68. The van der Waals surface area contributed by atoms with E-state index in [1.807, 2.05) is 61.5 Å². The summed E-state index contributed by atoms with van der Waals surface area (Å²) < 4.78 is 0. The summed E-state index contributed by atoms with van der Waals surface area (Å²) in [5, 5.41) is 25.1. The maximum Gasteiger partial charge on any atom is 0.327 e. The zero-order chi connectivity index (χ0) is 23.3. The minimum Gasteiger partial charge on any atom is -0.480 e. The van der Waals surface area contributed by atoms with Crippen molar-refractivity contribution >= 4 is 34.2 Å². The van der Waals surface area contributed by atoms with Gasteiger partial charge in [0.15, 0.2) is 5.54 Å². The van der Waals surface area contributed by atoms with Gasteiger partial charge in [-0.1, -0.05) is 61.5 Å². The van der Waals surface area contributed by atoms with Gasteiger partial charge in [0, 0.05) is 6.04 Å². The fraction of sp³-hybridized carbons (Fsp3) is 0.269. The third-order valence-corrected chi connectivity index (χ3v) is 7.05. The molecule has 0 radical (unpaired) electrons. The molecule has 3 aromatic carbocycles. The van der Waals surface area contributed by atoms with Crippen LogP contribution in [-0.2, 0) is 20.8 Å². The Bertz CT molecular complexity index is 1270. The Hall–Kier alpha value is -3.55. The predicted octanol–water partition coefficient (Wildman–Crippen LogP) is 2.67. The van der Waals surface area contributed by atoms with E-state index in [1.54, 1.807) is 12.1 Å². The molecule has 4 unspecified atom stereocenters. The number of hydrogen-bond donors (Lipinski definition) is 3. The largest absolute Gasteiger partial charge is 0.480 e. The molecule has 4 atom stereocenters. The SMILES string of the molecule is CCc1ccc(N2C(=O)C3C(c4cccc5ccccc45)NC(CO)(C(=O)O)C3C2=O)cc1. The summed E-state index contributed by atoms with van der Waals surface area (Å²) in [6.45, 7) is 1.20. The number of rotatable bonds is 5. The van der Waals surface area contributed by atoms with Gasteiger partial charge in [-0.05, 0) is 40.5 Å². The van der Waals surface area contributed by atoms with Crippen LogP contribution in [0.5, 0.6) is 0 Å². The fourth-order valence-electron chi connectivity index (χ4n) is 5.34. The normalized spacial score (nSPS) is 26.7. The van der Waals surface area contributed by atoms with E-state index in [2.05, 4.69) is 5.32 Å². The van der Waals surface area contributed by atoms with Crippen LogP contribution < -0.4 is 10.2 Å². The number of imide groups is 1. The molecule has 2 heterocycles. The molecule has 3 N–H and O–H groups in total. The van der Waals surface area contributed by atoms with E-state index in [9.17, 15) is 24.6 Å². The third kappa shape index (κ3) is 3.00. The number of nitrogens with one attached hydrogen (secondary N) is 1. The van der Waals surface area contributed by atoms with E-state index in [1.165, 1.54) is 0 Å². The molecule has 7 heteroatoms. The molecule has 2 fully saturated rings. The summed E-state index contributed by atoms with van der Waals surface area (Å²) in [6.07, 6.45) is 0.813. The highest BCUT2D eigenvalue weighted by atomic mass is 16.4. The van der Waals surface area contributed by atoms with E-state index in [4.69, 9.17) is 0 Å². The van der Waals surface area contributed by atoms with Crippen LogP contribution in [0.3, 0.4) is 0 Å². The van der Waals surface area contributed by atoms with Gasteiger partial charge in [-0.3, -0.25) is 19.7 Å². The number of amides is 2. The average molecular weight is 444 g/mol. The number of carboxylic acids is 1. The molecule has 2 amide bonds. The van der Waals surface area contributed by atoms with E-state index < -0.39 is 47.8 Å². The van der Waals surface area contributed by atoms with Gasteiger partial charge < -0.3 is 10.2 Å². The number of nitrogens with zero attached hydrogens (tertiary/aromatic N) is 1. The highest BCUT2D eigenvalue weighted by molar-refractivity contribution is 6.24. The lowest BCUT2D eigenvalue weighted by Gasteiger charge is -2.29. The molecular weight excluding hydrogens is 420 g/mol. The van der Waals surface area contributed by atoms with Crippen molar-refractivity contribution < 1.29 is 24.6 Å². The van der Waals surface area contributed by atoms with Crippen molar-refractivity contribution in [2.24, 2.45) is 11.8 Å². The summed E-state index contributed by atoms with van der Waals surface area (Å²) in [4.78, 5) is 40.7. The molecule has 0 saturated carbocycles. The van der Waals surface area contributed by atoms with Crippen molar-refractivity contribution in [1.82, 2.24) is 5.32 Å². The Morgan fingerprint density at radius 2 is 1.70 bits per heavy atom. The van der Waals surface area contributed by atoms with Crippen LogP contribution in [0.2, 0.25) is 0 Å². The first-order chi connectivity index (χ1) is 15.9. The number of aliphatic carboxylic acids is 1. The number of aryl methyl sites for hydroxylation is 1. The van der Waals surface area contributed by atoms with Crippen LogP contribution in [0.4, 0.5) is 5.69 Å². The molecule has 33 heavy (non-hydrogen) atoms. The number of anilines is 1. The van der Waals surface area contributed by atoms with Gasteiger partial charge in [0.05, 0.1) is 24.1 Å². The first-order valence-electron chi connectivity index (χ1n) is 11.0. The Labute approximate surface area is 190 Å². The van der Waals surface area contributed by atoms with E-state index in [0.29, 0.717) is 5.69 Å². The smallest absolute Gasteiger partial charge is 0.327 e. The van der Waals surface area contributed by atoms with Crippen molar-refractivity contribution in [3.05, 3.63) is 77.9 Å². The van der Waals surface area contributed by atoms with Crippen LogP contribution in [-0.4, -0.2) is 40.1 Å². The maximum atomic E-state index is 13.7. The van der Waals surface area contributed by atoms with Gasteiger partial charge in [0.2, 0.25) is 11.8 Å².